The van der Waals surface area contributed by atoms with E-state index in [-0.39, 0.29) is 32.0 Å². The smallest absolute Gasteiger partial charge is 0.257 e. The molecule has 3 aromatic carbocycles. The second kappa shape index (κ2) is 8.97. The van der Waals surface area contributed by atoms with Crippen molar-refractivity contribution in [3.05, 3.63) is 87.9 Å². The number of hydrogen-bond donors (Lipinski definition) is 1. The van der Waals surface area contributed by atoms with Gasteiger partial charge in [-0.15, -0.1) is 10.2 Å². The Morgan fingerprint density at radius 2 is 1.65 bits per heavy atom. The number of nitrogens with zero attached hydrogens (tertiary/aromatic N) is 2. The highest BCUT2D eigenvalue weighted by Gasteiger charge is 2.16. The van der Waals surface area contributed by atoms with Crippen LogP contribution in [-0.4, -0.2) is 16.1 Å². The Bertz CT molecular complexity index is 1270. The number of amides is 1. The minimum absolute atomic E-state index is 0.0460. The third-order valence-corrected chi connectivity index (χ3v) is 5.40. The van der Waals surface area contributed by atoms with E-state index < -0.39 is 17.5 Å². The summed E-state index contributed by atoms with van der Waals surface area (Å²) in [7, 11) is 0. The zero-order valence-electron chi connectivity index (χ0n) is 15.4. The minimum atomic E-state index is -0.719. The zero-order chi connectivity index (χ0) is 22.0. The number of rotatable bonds is 5. The molecule has 1 heterocycles. The molecule has 0 atom stereocenters. The number of carbonyl (C=O) groups excluding carboxylic acids is 1. The first-order chi connectivity index (χ1) is 14.9. The molecule has 4 rings (SSSR count). The van der Waals surface area contributed by atoms with E-state index in [1.54, 1.807) is 24.3 Å². The number of nitrogens with one attached hydrogen (secondary N) is 1. The second-order valence-electron chi connectivity index (χ2n) is 6.19. The van der Waals surface area contributed by atoms with Gasteiger partial charge >= 0.3 is 0 Å². The van der Waals surface area contributed by atoms with Gasteiger partial charge < -0.3 is 4.74 Å². The van der Waals surface area contributed by atoms with Crippen LogP contribution in [0.15, 0.2) is 60.7 Å². The summed E-state index contributed by atoms with van der Waals surface area (Å²) in [6.45, 7) is 0. The van der Waals surface area contributed by atoms with Crippen molar-refractivity contribution in [3.8, 4) is 22.1 Å². The molecule has 0 saturated carbocycles. The van der Waals surface area contributed by atoms with Gasteiger partial charge in [0.15, 0.2) is 16.6 Å². The fraction of sp³-hybridized carbons (Fsp3) is 0. The van der Waals surface area contributed by atoms with E-state index in [1.807, 2.05) is 0 Å². The van der Waals surface area contributed by atoms with Crippen molar-refractivity contribution in [2.24, 2.45) is 0 Å². The average molecular weight is 478 g/mol. The highest BCUT2D eigenvalue weighted by molar-refractivity contribution is 7.18. The van der Waals surface area contributed by atoms with Crippen LogP contribution in [0.25, 0.3) is 10.6 Å². The number of hydrogen-bond acceptors (Lipinski definition) is 5. The number of anilines is 1. The Balaban J connectivity index is 1.47. The topological polar surface area (TPSA) is 64.1 Å². The van der Waals surface area contributed by atoms with Crippen molar-refractivity contribution in [2.45, 2.75) is 0 Å². The third kappa shape index (κ3) is 4.99. The molecule has 1 amide bonds. The van der Waals surface area contributed by atoms with Gasteiger partial charge in [-0.2, -0.15) is 0 Å². The maximum absolute atomic E-state index is 14.4. The average Bonchev–Trinajstić information content (AvgIpc) is 3.19. The Kier molecular flexibility index (Phi) is 6.13. The van der Waals surface area contributed by atoms with Gasteiger partial charge in [0.05, 0.1) is 0 Å². The standard InChI is InChI=1S/C21H11Cl2F2N3O2S/c22-12-2-5-14(6-3-12)30-18-8-1-11(9-17(18)25)19(29)26-21-28-27-20(31-21)15-7-4-13(23)10-16(15)24/h1-10H,(H,26,28,29). The highest BCUT2D eigenvalue weighted by Crippen LogP contribution is 2.31. The van der Waals surface area contributed by atoms with E-state index in [0.29, 0.717) is 10.8 Å². The van der Waals surface area contributed by atoms with Gasteiger partial charge in [0.25, 0.3) is 5.91 Å². The Morgan fingerprint density at radius 3 is 2.35 bits per heavy atom. The van der Waals surface area contributed by atoms with Crippen molar-refractivity contribution in [2.75, 3.05) is 5.32 Å². The van der Waals surface area contributed by atoms with Crippen molar-refractivity contribution in [1.29, 1.82) is 0 Å². The van der Waals surface area contributed by atoms with Crippen LogP contribution in [0, 0.1) is 11.6 Å². The zero-order valence-corrected chi connectivity index (χ0v) is 17.7. The van der Waals surface area contributed by atoms with Gasteiger partial charge in [-0.25, -0.2) is 8.78 Å². The van der Waals surface area contributed by atoms with Gasteiger partial charge in [0, 0.05) is 21.2 Å². The van der Waals surface area contributed by atoms with Gasteiger partial charge in [-0.05, 0) is 60.7 Å². The van der Waals surface area contributed by atoms with E-state index in [9.17, 15) is 13.6 Å². The summed E-state index contributed by atoms with van der Waals surface area (Å²) in [6.07, 6.45) is 0. The van der Waals surface area contributed by atoms with Crippen LogP contribution in [0.4, 0.5) is 13.9 Å². The first-order valence-electron chi connectivity index (χ1n) is 8.72. The lowest BCUT2D eigenvalue weighted by atomic mass is 10.2. The van der Waals surface area contributed by atoms with Crippen molar-refractivity contribution in [3.63, 3.8) is 0 Å². The molecule has 1 N–H and O–H groups in total. The van der Waals surface area contributed by atoms with Crippen LogP contribution < -0.4 is 10.1 Å². The van der Waals surface area contributed by atoms with Crippen molar-refractivity contribution < 1.29 is 18.3 Å². The number of ether oxygens (including phenoxy) is 1. The van der Waals surface area contributed by atoms with Crippen LogP contribution in [0.3, 0.4) is 0 Å². The first kappa shape index (κ1) is 21.2. The number of halogens is 4. The summed E-state index contributed by atoms with van der Waals surface area (Å²) < 4.78 is 33.9. The van der Waals surface area contributed by atoms with Gasteiger partial charge in [-0.1, -0.05) is 34.5 Å². The molecule has 0 aliphatic heterocycles. The SMILES string of the molecule is O=C(Nc1nnc(-c2ccc(Cl)cc2F)s1)c1ccc(Oc2ccc(Cl)cc2)c(F)c1. The summed E-state index contributed by atoms with van der Waals surface area (Å²) in [5, 5.41) is 11.4. The molecule has 0 fully saturated rings. The van der Waals surface area contributed by atoms with Crippen LogP contribution in [0.5, 0.6) is 11.5 Å². The van der Waals surface area contributed by atoms with Gasteiger partial charge in [-0.3, -0.25) is 10.1 Å². The molecule has 1 aromatic heterocycles. The fourth-order valence-corrected chi connectivity index (χ4v) is 3.62. The second-order valence-corrected chi connectivity index (χ2v) is 8.04. The minimum Gasteiger partial charge on any atom is -0.454 e. The number of benzene rings is 3. The quantitative estimate of drug-likeness (QED) is 0.341. The highest BCUT2D eigenvalue weighted by atomic mass is 35.5. The normalized spacial score (nSPS) is 10.7. The van der Waals surface area contributed by atoms with E-state index in [1.165, 1.54) is 24.3 Å². The Labute approximate surface area is 189 Å². The molecule has 0 saturated heterocycles. The van der Waals surface area contributed by atoms with Crippen LogP contribution in [0.1, 0.15) is 10.4 Å². The van der Waals surface area contributed by atoms with Crippen LogP contribution in [-0.2, 0) is 0 Å². The van der Waals surface area contributed by atoms with E-state index in [0.717, 1.165) is 23.5 Å². The lowest BCUT2D eigenvalue weighted by molar-refractivity contribution is 0.102. The van der Waals surface area contributed by atoms with Crippen LogP contribution >= 0.6 is 34.5 Å². The summed E-state index contributed by atoms with van der Waals surface area (Å²) >= 11 is 12.5. The maximum atomic E-state index is 14.4. The number of aromatic nitrogens is 2. The van der Waals surface area contributed by atoms with Crippen molar-refractivity contribution >= 4 is 45.6 Å². The van der Waals surface area contributed by atoms with Gasteiger partial charge in [0.2, 0.25) is 5.13 Å². The summed E-state index contributed by atoms with van der Waals surface area (Å²) in [5.74, 6) is -1.52. The molecule has 0 radical (unpaired) electrons. The first-order valence-corrected chi connectivity index (χ1v) is 10.3. The molecule has 4 aromatic rings. The lowest BCUT2D eigenvalue weighted by Crippen LogP contribution is -2.12. The molecule has 0 bridgehead atoms. The molecular weight excluding hydrogens is 467 g/mol. The molecule has 0 aliphatic carbocycles. The van der Waals surface area contributed by atoms with E-state index in [4.69, 9.17) is 27.9 Å². The predicted molar refractivity (Wildman–Crippen MR) is 116 cm³/mol. The summed E-state index contributed by atoms with van der Waals surface area (Å²) in [5.41, 5.74) is 0.257. The molecule has 156 valence electrons. The fourth-order valence-electron chi connectivity index (χ4n) is 2.57. The predicted octanol–water partition coefficient (Wildman–Crippen LogP) is 6.83. The molecule has 0 aliphatic rings. The third-order valence-electron chi connectivity index (χ3n) is 4.04. The van der Waals surface area contributed by atoms with E-state index in [2.05, 4.69) is 15.5 Å². The van der Waals surface area contributed by atoms with Gasteiger partial charge in [0.1, 0.15) is 11.6 Å². The summed E-state index contributed by atoms with van der Waals surface area (Å²) in [4.78, 5) is 12.4. The molecule has 31 heavy (non-hydrogen) atoms. The summed E-state index contributed by atoms with van der Waals surface area (Å²) in [6, 6.07) is 14.4. The lowest BCUT2D eigenvalue weighted by Gasteiger charge is -2.08. The Hall–Kier alpha value is -3.07. The maximum Gasteiger partial charge on any atom is 0.257 e. The molecule has 0 spiro atoms. The van der Waals surface area contributed by atoms with Crippen molar-refractivity contribution in [1.82, 2.24) is 10.2 Å². The molecule has 0 unspecified atom stereocenters. The molecule has 10 heteroatoms. The van der Waals surface area contributed by atoms with Crippen LogP contribution in [0.2, 0.25) is 10.0 Å². The Morgan fingerprint density at radius 1 is 0.903 bits per heavy atom. The number of carbonyl (C=O) groups is 1. The monoisotopic (exact) mass is 477 g/mol. The largest absolute Gasteiger partial charge is 0.454 e. The molecule has 5 nitrogen and oxygen atoms in total. The van der Waals surface area contributed by atoms with E-state index >= 15 is 0 Å². The molecular formula is C21H11Cl2F2N3O2S.